The Morgan fingerprint density at radius 1 is 1.38 bits per heavy atom. The smallest absolute Gasteiger partial charge is 0.241 e. The van der Waals surface area contributed by atoms with Crippen LogP contribution in [0.2, 0.25) is 5.02 Å². The summed E-state index contributed by atoms with van der Waals surface area (Å²) in [6, 6.07) is 3.65. The van der Waals surface area contributed by atoms with E-state index in [1.165, 1.54) is 18.2 Å². The van der Waals surface area contributed by atoms with Gasteiger partial charge in [0.05, 0.1) is 16.8 Å². The molecule has 1 atom stereocenters. The van der Waals surface area contributed by atoms with Gasteiger partial charge in [-0.25, -0.2) is 9.37 Å². The number of piperazine rings is 1. The lowest BCUT2D eigenvalue weighted by Crippen LogP contribution is -2.52. The molecule has 128 valence electrons. The van der Waals surface area contributed by atoms with Crippen LogP contribution in [0.15, 0.2) is 29.8 Å². The molecule has 0 spiro atoms. The van der Waals surface area contributed by atoms with Crippen molar-refractivity contribution in [3.8, 4) is 0 Å². The SMILES string of the molecule is C[C@@H](C(=O)Nc1ccc(F)cc1Cl)N1CCN(c2nccs2)CC1. The van der Waals surface area contributed by atoms with Crippen molar-refractivity contribution < 1.29 is 9.18 Å². The molecule has 5 nitrogen and oxygen atoms in total. The first-order valence-electron chi connectivity index (χ1n) is 7.69. The van der Waals surface area contributed by atoms with E-state index in [0.29, 0.717) is 5.69 Å². The predicted molar refractivity (Wildman–Crippen MR) is 95.4 cm³/mol. The fraction of sp³-hybridized carbons (Fsp3) is 0.375. The Morgan fingerprint density at radius 3 is 2.75 bits per heavy atom. The Bertz CT molecular complexity index is 704. The number of carbonyl (C=O) groups is 1. The zero-order chi connectivity index (χ0) is 17.1. The van der Waals surface area contributed by atoms with E-state index in [1.807, 2.05) is 12.3 Å². The maximum Gasteiger partial charge on any atom is 0.241 e. The normalized spacial score (nSPS) is 16.9. The molecule has 8 heteroatoms. The van der Waals surface area contributed by atoms with Crippen molar-refractivity contribution in [2.75, 3.05) is 36.4 Å². The molecule has 3 rings (SSSR count). The number of rotatable bonds is 4. The minimum atomic E-state index is -0.427. The zero-order valence-corrected chi connectivity index (χ0v) is 14.8. The van der Waals surface area contributed by atoms with Crippen LogP contribution in [0.3, 0.4) is 0 Å². The van der Waals surface area contributed by atoms with Crippen LogP contribution in [-0.4, -0.2) is 48.0 Å². The molecule has 1 aliphatic rings. The number of benzene rings is 1. The molecule has 1 amide bonds. The molecule has 1 aliphatic heterocycles. The van der Waals surface area contributed by atoms with Gasteiger partial charge in [-0.15, -0.1) is 11.3 Å². The summed E-state index contributed by atoms with van der Waals surface area (Å²) in [5, 5.41) is 5.95. The Kier molecular flexibility index (Phi) is 5.33. The van der Waals surface area contributed by atoms with Crippen LogP contribution in [-0.2, 0) is 4.79 Å². The molecule has 24 heavy (non-hydrogen) atoms. The van der Waals surface area contributed by atoms with Crippen LogP contribution in [0.1, 0.15) is 6.92 Å². The number of carbonyl (C=O) groups excluding carboxylic acids is 1. The molecule has 1 saturated heterocycles. The van der Waals surface area contributed by atoms with Gasteiger partial charge in [-0.1, -0.05) is 11.6 Å². The molecule has 0 aliphatic carbocycles. The maximum absolute atomic E-state index is 13.1. The van der Waals surface area contributed by atoms with E-state index in [0.717, 1.165) is 31.3 Å². The van der Waals surface area contributed by atoms with Crippen molar-refractivity contribution in [1.82, 2.24) is 9.88 Å². The average molecular weight is 369 g/mol. The molecule has 1 fully saturated rings. The summed E-state index contributed by atoms with van der Waals surface area (Å²) in [6.07, 6.45) is 1.80. The first kappa shape index (κ1) is 17.1. The summed E-state index contributed by atoms with van der Waals surface area (Å²) in [4.78, 5) is 21.1. The number of halogens is 2. The highest BCUT2D eigenvalue weighted by Gasteiger charge is 2.26. The van der Waals surface area contributed by atoms with Crippen LogP contribution in [0.4, 0.5) is 15.2 Å². The van der Waals surface area contributed by atoms with E-state index in [9.17, 15) is 9.18 Å². The second kappa shape index (κ2) is 7.46. The molecule has 2 aromatic rings. The Hall–Kier alpha value is -1.70. The van der Waals surface area contributed by atoms with Crippen LogP contribution >= 0.6 is 22.9 Å². The lowest BCUT2D eigenvalue weighted by atomic mass is 10.2. The third-order valence-corrected chi connectivity index (χ3v) is 5.27. The highest BCUT2D eigenvalue weighted by atomic mass is 35.5. The summed E-state index contributed by atoms with van der Waals surface area (Å²) < 4.78 is 13.1. The first-order chi connectivity index (χ1) is 11.5. The highest BCUT2D eigenvalue weighted by molar-refractivity contribution is 7.13. The van der Waals surface area contributed by atoms with E-state index < -0.39 is 5.82 Å². The van der Waals surface area contributed by atoms with Crippen molar-refractivity contribution in [2.24, 2.45) is 0 Å². The third-order valence-electron chi connectivity index (χ3n) is 4.12. The van der Waals surface area contributed by atoms with Gasteiger partial charge >= 0.3 is 0 Å². The predicted octanol–water partition coefficient (Wildman–Crippen LogP) is 3.08. The maximum atomic E-state index is 13.1. The zero-order valence-electron chi connectivity index (χ0n) is 13.2. The number of hydrogen-bond donors (Lipinski definition) is 1. The van der Waals surface area contributed by atoms with Gasteiger partial charge in [0.25, 0.3) is 0 Å². The summed E-state index contributed by atoms with van der Waals surface area (Å²) in [5.41, 5.74) is 0.427. The second-order valence-electron chi connectivity index (χ2n) is 5.63. The molecular formula is C16H18ClFN4OS. The number of nitrogens with one attached hydrogen (secondary N) is 1. The van der Waals surface area contributed by atoms with Crippen molar-refractivity contribution in [1.29, 1.82) is 0 Å². The average Bonchev–Trinajstić information content (AvgIpc) is 3.11. The van der Waals surface area contributed by atoms with Gasteiger partial charge in [0.15, 0.2) is 5.13 Å². The molecule has 1 aromatic heterocycles. The summed E-state index contributed by atoms with van der Waals surface area (Å²) in [7, 11) is 0. The minimum Gasteiger partial charge on any atom is -0.346 e. The molecule has 0 radical (unpaired) electrons. The van der Waals surface area contributed by atoms with E-state index in [2.05, 4.69) is 20.1 Å². The number of hydrogen-bond acceptors (Lipinski definition) is 5. The van der Waals surface area contributed by atoms with Gasteiger partial charge in [0.2, 0.25) is 5.91 Å². The monoisotopic (exact) mass is 368 g/mol. The van der Waals surface area contributed by atoms with E-state index in [4.69, 9.17) is 11.6 Å². The largest absolute Gasteiger partial charge is 0.346 e. The topological polar surface area (TPSA) is 48.5 Å². The summed E-state index contributed by atoms with van der Waals surface area (Å²) in [6.45, 7) is 5.10. The van der Waals surface area contributed by atoms with Crippen molar-refractivity contribution >= 4 is 39.7 Å². The number of aromatic nitrogens is 1. The Morgan fingerprint density at radius 2 is 2.12 bits per heavy atom. The van der Waals surface area contributed by atoms with Crippen molar-refractivity contribution in [3.63, 3.8) is 0 Å². The number of thiazole rings is 1. The van der Waals surface area contributed by atoms with Gasteiger partial charge in [-0.05, 0) is 25.1 Å². The van der Waals surface area contributed by atoms with Crippen LogP contribution in [0, 0.1) is 5.82 Å². The second-order valence-corrected chi connectivity index (χ2v) is 6.91. The van der Waals surface area contributed by atoms with Crippen LogP contribution < -0.4 is 10.2 Å². The molecule has 1 N–H and O–H groups in total. The van der Waals surface area contributed by atoms with Gasteiger partial charge in [0, 0.05) is 37.8 Å². The highest BCUT2D eigenvalue weighted by Crippen LogP contribution is 2.23. The van der Waals surface area contributed by atoms with E-state index in [1.54, 1.807) is 17.5 Å². The molecular weight excluding hydrogens is 351 g/mol. The Balaban J connectivity index is 1.56. The van der Waals surface area contributed by atoms with Gasteiger partial charge in [-0.3, -0.25) is 9.69 Å². The molecule has 0 bridgehead atoms. The molecule has 0 saturated carbocycles. The molecule has 0 unspecified atom stereocenters. The first-order valence-corrected chi connectivity index (χ1v) is 8.95. The molecule has 1 aromatic carbocycles. The number of nitrogens with zero attached hydrogens (tertiary/aromatic N) is 3. The summed E-state index contributed by atoms with van der Waals surface area (Å²) >= 11 is 7.58. The fourth-order valence-electron chi connectivity index (χ4n) is 2.67. The van der Waals surface area contributed by atoms with Gasteiger partial charge in [0.1, 0.15) is 5.82 Å². The van der Waals surface area contributed by atoms with E-state index in [-0.39, 0.29) is 17.0 Å². The lowest BCUT2D eigenvalue weighted by Gasteiger charge is -2.37. The van der Waals surface area contributed by atoms with Crippen LogP contribution in [0.25, 0.3) is 0 Å². The number of anilines is 2. The fourth-order valence-corrected chi connectivity index (χ4v) is 3.58. The van der Waals surface area contributed by atoms with E-state index >= 15 is 0 Å². The third kappa shape index (κ3) is 3.85. The Labute approximate surface area is 149 Å². The molecule has 2 heterocycles. The van der Waals surface area contributed by atoms with Crippen molar-refractivity contribution in [3.05, 3.63) is 40.6 Å². The van der Waals surface area contributed by atoms with Crippen LogP contribution in [0.5, 0.6) is 0 Å². The lowest BCUT2D eigenvalue weighted by molar-refractivity contribution is -0.120. The van der Waals surface area contributed by atoms with Gasteiger partial charge < -0.3 is 10.2 Å². The standard InChI is InChI=1S/C16H18ClFN4OS/c1-11(15(23)20-14-3-2-12(18)10-13(14)17)21-5-7-22(8-6-21)16-19-4-9-24-16/h2-4,9-11H,5-8H2,1H3,(H,20,23)/t11-/m0/s1. The minimum absolute atomic E-state index is 0.147. The quantitative estimate of drug-likeness (QED) is 0.901. The number of amides is 1. The van der Waals surface area contributed by atoms with Crippen molar-refractivity contribution in [2.45, 2.75) is 13.0 Å². The van der Waals surface area contributed by atoms with Gasteiger partial charge in [-0.2, -0.15) is 0 Å². The summed E-state index contributed by atoms with van der Waals surface area (Å²) in [5.74, 6) is -0.574.